The van der Waals surface area contributed by atoms with Crippen molar-refractivity contribution in [1.29, 1.82) is 0 Å². The number of rotatable bonds is 6. The third kappa shape index (κ3) is 5.46. The third-order valence-electron chi connectivity index (χ3n) is 11.9. The van der Waals surface area contributed by atoms with E-state index >= 15 is 0 Å². The van der Waals surface area contributed by atoms with Gasteiger partial charge < -0.3 is 9.13 Å². The van der Waals surface area contributed by atoms with Crippen molar-refractivity contribution in [2.45, 2.75) is 0 Å². The first kappa shape index (κ1) is 34.0. The molecule has 60 heavy (non-hydrogen) atoms. The molecule has 280 valence electrons. The highest BCUT2D eigenvalue weighted by molar-refractivity contribution is 6.29. The maximum absolute atomic E-state index is 5.22. The third-order valence-corrected chi connectivity index (χ3v) is 11.9. The lowest BCUT2D eigenvalue weighted by Gasteiger charge is -2.14. The van der Waals surface area contributed by atoms with E-state index in [1.807, 2.05) is 12.1 Å². The van der Waals surface area contributed by atoms with E-state index < -0.39 is 0 Å². The zero-order valence-corrected chi connectivity index (χ0v) is 32.6. The molecule has 12 aromatic rings. The summed E-state index contributed by atoms with van der Waals surface area (Å²) in [6, 6.07) is 78.0. The Bertz CT molecular complexity index is 3530. The fraction of sp³-hybridized carbons (Fsp3) is 0. The molecule has 0 aliphatic rings. The molecule has 0 radical (unpaired) electrons. The van der Waals surface area contributed by atoms with Gasteiger partial charge in [-0.25, -0.2) is 9.97 Å². The molecule has 3 heterocycles. The van der Waals surface area contributed by atoms with Crippen molar-refractivity contribution >= 4 is 54.5 Å². The van der Waals surface area contributed by atoms with E-state index in [4.69, 9.17) is 9.97 Å². The van der Waals surface area contributed by atoms with Gasteiger partial charge in [0.2, 0.25) is 0 Å². The summed E-state index contributed by atoms with van der Waals surface area (Å²) in [4.78, 5) is 10.3. The molecule has 0 saturated heterocycles. The van der Waals surface area contributed by atoms with Crippen LogP contribution in [0.4, 0.5) is 0 Å². The van der Waals surface area contributed by atoms with E-state index in [1.165, 1.54) is 54.8 Å². The molecule has 0 amide bonds. The Morgan fingerprint density at radius 3 is 1.35 bits per heavy atom. The van der Waals surface area contributed by atoms with E-state index in [2.05, 4.69) is 215 Å². The van der Waals surface area contributed by atoms with E-state index in [9.17, 15) is 0 Å². The smallest absolute Gasteiger partial charge is 0.160 e. The Labute approximate surface area is 346 Å². The quantitative estimate of drug-likeness (QED) is 0.169. The molecule has 0 spiro atoms. The molecule has 3 aromatic heterocycles. The predicted molar refractivity (Wildman–Crippen MR) is 250 cm³/mol. The van der Waals surface area contributed by atoms with E-state index in [0.29, 0.717) is 5.82 Å². The van der Waals surface area contributed by atoms with Crippen LogP contribution >= 0.6 is 0 Å². The van der Waals surface area contributed by atoms with Gasteiger partial charge in [-0.15, -0.1) is 0 Å². The molecule has 0 aliphatic carbocycles. The fourth-order valence-corrected chi connectivity index (χ4v) is 9.22. The van der Waals surface area contributed by atoms with Gasteiger partial charge in [-0.3, -0.25) is 0 Å². The summed E-state index contributed by atoms with van der Waals surface area (Å²) in [7, 11) is 0. The molecule has 9 aromatic carbocycles. The summed E-state index contributed by atoms with van der Waals surface area (Å²) in [5.41, 5.74) is 15.5. The van der Waals surface area contributed by atoms with Crippen LogP contribution in [0, 0.1) is 0 Å². The van der Waals surface area contributed by atoms with Gasteiger partial charge in [-0.2, -0.15) is 0 Å². The second-order valence-corrected chi connectivity index (χ2v) is 15.4. The van der Waals surface area contributed by atoms with Crippen LogP contribution in [0.3, 0.4) is 0 Å². The number of benzene rings is 9. The SMILES string of the molecule is c1ccc(-c2cc(-c3ccccc3)cc(-n3c4ccccc4c4c5c6ccccc6n(-c6cccc(-c7nc(-c8ccccc8)c8ccccc8n7)c6)c5ccc43)c2)cc1. The van der Waals surface area contributed by atoms with Crippen molar-refractivity contribution in [3.63, 3.8) is 0 Å². The van der Waals surface area contributed by atoms with Crippen molar-refractivity contribution < 1.29 is 0 Å². The van der Waals surface area contributed by atoms with Gasteiger partial charge in [0.25, 0.3) is 0 Å². The van der Waals surface area contributed by atoms with Gasteiger partial charge in [-0.1, -0.05) is 158 Å². The second-order valence-electron chi connectivity index (χ2n) is 15.4. The van der Waals surface area contributed by atoms with Crippen molar-refractivity contribution in [2.24, 2.45) is 0 Å². The van der Waals surface area contributed by atoms with Crippen molar-refractivity contribution in [2.75, 3.05) is 0 Å². The standard InChI is InChI=1S/C56H36N4/c1-4-17-37(18-5-1)41-33-42(38-19-6-2-7-20-38)36-44(35-41)60-50-30-15-12-27-47(50)54-52(60)32-31-51-53(54)46-26-11-14-29-49(46)59(51)43-24-16-23-40(34-43)56-57-48-28-13-10-25-45(48)55(58-56)39-21-8-3-9-22-39/h1-36H. The molecule has 0 bridgehead atoms. The largest absolute Gasteiger partial charge is 0.309 e. The van der Waals surface area contributed by atoms with Gasteiger partial charge in [-0.05, 0) is 82.9 Å². The van der Waals surface area contributed by atoms with Crippen LogP contribution in [-0.4, -0.2) is 19.1 Å². The highest BCUT2D eigenvalue weighted by Gasteiger charge is 2.22. The highest BCUT2D eigenvalue weighted by atomic mass is 15.0. The molecular weight excluding hydrogens is 729 g/mol. The molecule has 4 heteroatoms. The first-order valence-corrected chi connectivity index (χ1v) is 20.4. The van der Waals surface area contributed by atoms with Crippen LogP contribution in [0.15, 0.2) is 218 Å². The van der Waals surface area contributed by atoms with E-state index in [1.54, 1.807) is 0 Å². The molecular formula is C56H36N4. The monoisotopic (exact) mass is 764 g/mol. The lowest BCUT2D eigenvalue weighted by atomic mass is 9.98. The summed E-state index contributed by atoms with van der Waals surface area (Å²) in [6.07, 6.45) is 0. The fourth-order valence-electron chi connectivity index (χ4n) is 9.22. The minimum Gasteiger partial charge on any atom is -0.309 e. The lowest BCUT2D eigenvalue weighted by Crippen LogP contribution is -1.98. The molecule has 4 nitrogen and oxygen atoms in total. The number of hydrogen-bond donors (Lipinski definition) is 0. The van der Waals surface area contributed by atoms with Crippen LogP contribution in [-0.2, 0) is 0 Å². The van der Waals surface area contributed by atoms with Crippen LogP contribution in [0.5, 0.6) is 0 Å². The normalized spacial score (nSPS) is 11.7. The number of fused-ring (bicyclic) bond motifs is 8. The van der Waals surface area contributed by atoms with Crippen LogP contribution in [0.2, 0.25) is 0 Å². The Kier molecular flexibility index (Phi) is 7.82. The highest BCUT2D eigenvalue weighted by Crippen LogP contribution is 2.43. The maximum atomic E-state index is 5.22. The first-order chi connectivity index (χ1) is 29.8. The van der Waals surface area contributed by atoms with Gasteiger partial charge in [0.1, 0.15) is 0 Å². The van der Waals surface area contributed by atoms with Gasteiger partial charge >= 0.3 is 0 Å². The molecule has 0 aliphatic heterocycles. The van der Waals surface area contributed by atoms with Crippen LogP contribution in [0.25, 0.3) is 111 Å². The van der Waals surface area contributed by atoms with Crippen molar-refractivity contribution in [3.8, 4) is 56.3 Å². The Balaban J connectivity index is 1.09. The zero-order valence-electron chi connectivity index (χ0n) is 32.6. The van der Waals surface area contributed by atoms with Crippen LogP contribution < -0.4 is 0 Å². The molecule has 0 fully saturated rings. The molecule has 0 N–H and O–H groups in total. The molecule has 0 atom stereocenters. The van der Waals surface area contributed by atoms with E-state index in [0.717, 1.165) is 50.1 Å². The average Bonchev–Trinajstić information content (AvgIpc) is 3.85. The summed E-state index contributed by atoms with van der Waals surface area (Å²) in [5, 5.41) is 5.95. The Morgan fingerprint density at radius 2 is 0.750 bits per heavy atom. The van der Waals surface area contributed by atoms with Gasteiger partial charge in [0.15, 0.2) is 5.82 Å². The van der Waals surface area contributed by atoms with Gasteiger partial charge in [0, 0.05) is 49.4 Å². The summed E-state index contributed by atoms with van der Waals surface area (Å²) >= 11 is 0. The van der Waals surface area contributed by atoms with Gasteiger partial charge in [0.05, 0.1) is 33.3 Å². The van der Waals surface area contributed by atoms with Crippen molar-refractivity contribution in [1.82, 2.24) is 19.1 Å². The predicted octanol–water partition coefficient (Wildman–Crippen LogP) is 14.5. The summed E-state index contributed by atoms with van der Waals surface area (Å²) in [5.74, 6) is 0.702. The summed E-state index contributed by atoms with van der Waals surface area (Å²) in [6.45, 7) is 0. The first-order valence-electron chi connectivity index (χ1n) is 20.4. The minimum atomic E-state index is 0.702. The number of aromatic nitrogens is 4. The minimum absolute atomic E-state index is 0.702. The maximum Gasteiger partial charge on any atom is 0.160 e. The lowest BCUT2D eigenvalue weighted by molar-refractivity contribution is 1.17. The Hall–Kier alpha value is -8.08. The van der Waals surface area contributed by atoms with Crippen LogP contribution in [0.1, 0.15) is 0 Å². The number of nitrogens with zero attached hydrogens (tertiary/aromatic N) is 4. The summed E-state index contributed by atoms with van der Waals surface area (Å²) < 4.78 is 4.86. The topological polar surface area (TPSA) is 35.6 Å². The Morgan fingerprint density at radius 1 is 0.283 bits per heavy atom. The molecule has 0 saturated carbocycles. The molecule has 12 rings (SSSR count). The van der Waals surface area contributed by atoms with Crippen molar-refractivity contribution in [3.05, 3.63) is 218 Å². The molecule has 0 unspecified atom stereocenters. The number of hydrogen-bond acceptors (Lipinski definition) is 2. The zero-order chi connectivity index (χ0) is 39.6. The second kappa shape index (κ2) is 13.8. The average molecular weight is 765 g/mol. The number of para-hydroxylation sites is 3. The van der Waals surface area contributed by atoms with E-state index in [-0.39, 0.29) is 0 Å².